The minimum absolute atomic E-state index is 0.000577. The van der Waals surface area contributed by atoms with Crippen LogP contribution >= 0.6 is 0 Å². The monoisotopic (exact) mass is 250 g/mol. The molecule has 0 fully saturated rings. The molecule has 0 amide bonds. The number of rotatable bonds is 4. The highest BCUT2D eigenvalue weighted by molar-refractivity contribution is 5.48. The Hall–Kier alpha value is -1.26. The van der Waals surface area contributed by atoms with Gasteiger partial charge in [0, 0.05) is 6.04 Å². The topological polar surface area (TPSA) is 70.5 Å². The molecule has 2 rings (SSSR count). The average molecular weight is 250 g/mol. The third-order valence-corrected chi connectivity index (χ3v) is 3.39. The molecule has 18 heavy (non-hydrogen) atoms. The van der Waals surface area contributed by atoms with E-state index in [1.165, 1.54) is 0 Å². The van der Waals surface area contributed by atoms with Crippen molar-refractivity contribution in [3.05, 3.63) is 23.3 Å². The smallest absolute Gasteiger partial charge is 0.161 e. The molecule has 0 saturated heterocycles. The summed E-state index contributed by atoms with van der Waals surface area (Å²) in [5.74, 6) is 2.05. The van der Waals surface area contributed by atoms with Crippen molar-refractivity contribution in [3.63, 3.8) is 0 Å². The van der Waals surface area contributed by atoms with Crippen molar-refractivity contribution in [2.75, 3.05) is 19.8 Å². The molecule has 0 spiro atoms. The highest BCUT2D eigenvalue weighted by Crippen LogP contribution is 2.35. The fraction of sp³-hybridized carbons (Fsp3) is 0.571. The summed E-state index contributed by atoms with van der Waals surface area (Å²) in [4.78, 5) is 0. The molecule has 1 aromatic carbocycles. The molecule has 0 aliphatic carbocycles. The summed E-state index contributed by atoms with van der Waals surface area (Å²) in [6.45, 7) is 6.05. The average Bonchev–Trinajstić information content (AvgIpc) is 2.37. The summed E-state index contributed by atoms with van der Waals surface area (Å²) in [7, 11) is 0. The summed E-state index contributed by atoms with van der Waals surface area (Å²) < 4.78 is 11.2. The molecule has 0 aromatic heterocycles. The van der Waals surface area contributed by atoms with Crippen molar-refractivity contribution in [3.8, 4) is 11.5 Å². The first kappa shape index (κ1) is 13.2. The third kappa shape index (κ3) is 2.76. The number of benzene rings is 1. The highest BCUT2D eigenvalue weighted by Gasteiger charge is 2.18. The van der Waals surface area contributed by atoms with Gasteiger partial charge < -0.3 is 20.9 Å². The van der Waals surface area contributed by atoms with E-state index in [1.54, 1.807) is 0 Å². The van der Waals surface area contributed by atoms with E-state index in [4.69, 9.17) is 20.9 Å². The largest absolute Gasteiger partial charge is 0.486 e. The second kappa shape index (κ2) is 5.59. The van der Waals surface area contributed by atoms with Crippen LogP contribution in [-0.4, -0.2) is 19.8 Å². The lowest BCUT2D eigenvalue weighted by Gasteiger charge is -2.23. The molecule has 1 aliphatic heterocycles. The van der Waals surface area contributed by atoms with Crippen LogP contribution < -0.4 is 20.9 Å². The molecule has 1 aromatic rings. The lowest BCUT2D eigenvalue weighted by molar-refractivity contribution is 0.171. The van der Waals surface area contributed by atoms with Gasteiger partial charge in [-0.15, -0.1) is 0 Å². The van der Waals surface area contributed by atoms with E-state index in [0.29, 0.717) is 25.7 Å². The van der Waals surface area contributed by atoms with E-state index in [1.807, 2.05) is 12.1 Å². The van der Waals surface area contributed by atoms with E-state index in [0.717, 1.165) is 29.0 Å². The minimum Gasteiger partial charge on any atom is -0.486 e. The van der Waals surface area contributed by atoms with E-state index in [9.17, 15) is 0 Å². The van der Waals surface area contributed by atoms with Gasteiger partial charge in [-0.3, -0.25) is 0 Å². The lowest BCUT2D eigenvalue weighted by Crippen LogP contribution is -2.21. The maximum Gasteiger partial charge on any atom is 0.161 e. The molecule has 2 atom stereocenters. The van der Waals surface area contributed by atoms with Crippen LogP contribution in [0.2, 0.25) is 0 Å². The van der Waals surface area contributed by atoms with Crippen molar-refractivity contribution >= 4 is 0 Å². The van der Waals surface area contributed by atoms with Crippen LogP contribution in [0.4, 0.5) is 0 Å². The Bertz CT molecular complexity index is 421. The van der Waals surface area contributed by atoms with Gasteiger partial charge in [-0.25, -0.2) is 0 Å². The lowest BCUT2D eigenvalue weighted by atomic mass is 9.93. The summed E-state index contributed by atoms with van der Waals surface area (Å²) in [5, 5.41) is 0. The molecule has 4 heteroatoms. The van der Waals surface area contributed by atoms with Crippen LogP contribution in [0.1, 0.15) is 30.5 Å². The van der Waals surface area contributed by atoms with E-state index in [2.05, 4.69) is 13.8 Å². The van der Waals surface area contributed by atoms with Crippen molar-refractivity contribution in [2.24, 2.45) is 17.4 Å². The Labute approximate surface area is 108 Å². The van der Waals surface area contributed by atoms with Crippen molar-refractivity contribution < 1.29 is 9.47 Å². The van der Waals surface area contributed by atoms with Crippen LogP contribution in [0.15, 0.2) is 12.1 Å². The molecule has 0 saturated carbocycles. The van der Waals surface area contributed by atoms with Gasteiger partial charge in [0.15, 0.2) is 11.5 Å². The molecular formula is C14H22N2O2. The molecule has 1 heterocycles. The van der Waals surface area contributed by atoms with Gasteiger partial charge >= 0.3 is 0 Å². The maximum absolute atomic E-state index is 6.25. The number of aryl methyl sites for hydroxylation is 1. The van der Waals surface area contributed by atoms with Crippen LogP contribution in [0, 0.1) is 12.8 Å². The Balaban J connectivity index is 2.22. The van der Waals surface area contributed by atoms with Crippen LogP contribution in [0.25, 0.3) is 0 Å². The summed E-state index contributed by atoms with van der Waals surface area (Å²) in [6.07, 6.45) is 0.886. The predicted molar refractivity (Wildman–Crippen MR) is 71.9 cm³/mol. The van der Waals surface area contributed by atoms with Crippen LogP contribution in [0.5, 0.6) is 11.5 Å². The second-order valence-electron chi connectivity index (χ2n) is 5.04. The predicted octanol–water partition coefficient (Wildman–Crippen LogP) is 1.75. The SMILES string of the molecule is Cc1cc2c(cc1C(N)CC(C)CN)OCCO2. The Kier molecular flexibility index (Phi) is 4.09. The fourth-order valence-corrected chi connectivity index (χ4v) is 2.26. The van der Waals surface area contributed by atoms with Gasteiger partial charge in [0.25, 0.3) is 0 Å². The van der Waals surface area contributed by atoms with Gasteiger partial charge in [0.1, 0.15) is 13.2 Å². The molecule has 4 nitrogen and oxygen atoms in total. The first-order valence-corrected chi connectivity index (χ1v) is 6.47. The number of hydrogen-bond donors (Lipinski definition) is 2. The molecule has 1 aliphatic rings. The zero-order valence-electron chi connectivity index (χ0n) is 11.1. The number of fused-ring (bicyclic) bond motifs is 1. The van der Waals surface area contributed by atoms with Gasteiger partial charge in [0.2, 0.25) is 0 Å². The summed E-state index contributed by atoms with van der Waals surface area (Å²) in [6, 6.07) is 4.02. The Morgan fingerprint density at radius 2 is 1.83 bits per heavy atom. The van der Waals surface area contributed by atoms with Crippen molar-refractivity contribution in [1.29, 1.82) is 0 Å². The summed E-state index contributed by atoms with van der Waals surface area (Å²) >= 11 is 0. The van der Waals surface area contributed by atoms with Gasteiger partial charge in [0.05, 0.1) is 0 Å². The molecule has 4 N–H and O–H groups in total. The van der Waals surface area contributed by atoms with Crippen LogP contribution in [0.3, 0.4) is 0 Å². The quantitative estimate of drug-likeness (QED) is 0.854. The Morgan fingerprint density at radius 3 is 2.44 bits per heavy atom. The van der Waals surface area contributed by atoms with Gasteiger partial charge in [-0.1, -0.05) is 6.92 Å². The molecule has 100 valence electrons. The second-order valence-corrected chi connectivity index (χ2v) is 5.04. The first-order valence-electron chi connectivity index (χ1n) is 6.47. The van der Waals surface area contributed by atoms with Crippen molar-refractivity contribution in [1.82, 2.24) is 0 Å². The van der Waals surface area contributed by atoms with E-state index >= 15 is 0 Å². The zero-order valence-corrected chi connectivity index (χ0v) is 11.1. The molecule has 2 unspecified atom stereocenters. The standard InChI is InChI=1S/C14H22N2O2/c1-9(8-15)5-12(16)11-7-14-13(6-10(11)2)17-3-4-18-14/h6-7,9,12H,3-5,8,15-16H2,1-2H3. The van der Waals surface area contributed by atoms with E-state index < -0.39 is 0 Å². The minimum atomic E-state index is -0.000577. The number of ether oxygens (including phenoxy) is 2. The van der Waals surface area contributed by atoms with Crippen LogP contribution in [-0.2, 0) is 0 Å². The molecule has 0 bridgehead atoms. The highest BCUT2D eigenvalue weighted by atomic mass is 16.6. The maximum atomic E-state index is 6.25. The van der Waals surface area contributed by atoms with E-state index in [-0.39, 0.29) is 6.04 Å². The van der Waals surface area contributed by atoms with Gasteiger partial charge in [-0.05, 0) is 49.1 Å². The normalized spacial score (nSPS) is 17.3. The fourth-order valence-electron chi connectivity index (χ4n) is 2.26. The molecule has 0 radical (unpaired) electrons. The third-order valence-electron chi connectivity index (χ3n) is 3.39. The first-order chi connectivity index (χ1) is 8.61. The van der Waals surface area contributed by atoms with Gasteiger partial charge in [-0.2, -0.15) is 0 Å². The summed E-state index contributed by atoms with van der Waals surface area (Å²) in [5.41, 5.74) is 14.2. The number of nitrogens with two attached hydrogens (primary N) is 2. The number of hydrogen-bond acceptors (Lipinski definition) is 4. The zero-order chi connectivity index (χ0) is 13.1. The molecular weight excluding hydrogens is 228 g/mol. The Morgan fingerprint density at radius 1 is 1.22 bits per heavy atom. The van der Waals surface area contributed by atoms with Crippen molar-refractivity contribution in [2.45, 2.75) is 26.3 Å².